The third kappa shape index (κ3) is 5.30. The van der Waals surface area contributed by atoms with Crippen molar-refractivity contribution in [3.8, 4) is 6.07 Å². The molecule has 3 rings (SSSR count). The molecule has 154 valence electrons. The van der Waals surface area contributed by atoms with Crippen LogP contribution in [0.3, 0.4) is 0 Å². The van der Waals surface area contributed by atoms with Gasteiger partial charge < -0.3 is 10.6 Å². The topological polar surface area (TPSA) is 64.9 Å². The molecule has 1 fully saturated rings. The number of nitrogens with zero attached hydrogens (tertiary/aromatic N) is 1. The van der Waals surface area contributed by atoms with Crippen LogP contribution in [0.4, 0.5) is 0 Å². The van der Waals surface area contributed by atoms with E-state index in [0.717, 1.165) is 37.1 Å². The second-order valence-corrected chi connectivity index (χ2v) is 8.11. The van der Waals surface area contributed by atoms with Crippen molar-refractivity contribution < 1.29 is 4.79 Å². The van der Waals surface area contributed by atoms with Crippen LogP contribution in [0.2, 0.25) is 5.02 Å². The summed E-state index contributed by atoms with van der Waals surface area (Å²) < 4.78 is 0. The number of nitriles is 1. The van der Waals surface area contributed by atoms with E-state index in [1.165, 1.54) is 0 Å². The maximum Gasteiger partial charge on any atom is 0.229 e. The van der Waals surface area contributed by atoms with E-state index in [4.69, 9.17) is 11.6 Å². The van der Waals surface area contributed by atoms with Gasteiger partial charge in [0, 0.05) is 30.1 Å². The number of amides is 1. The number of hydrogen-bond acceptors (Lipinski definition) is 3. The largest absolute Gasteiger partial charge is 0.352 e. The zero-order valence-corrected chi connectivity index (χ0v) is 18.3. The Bertz CT molecular complexity index is 867. The summed E-state index contributed by atoms with van der Waals surface area (Å²) in [4.78, 5) is 12.9. The highest BCUT2D eigenvalue weighted by Crippen LogP contribution is 2.30. The first-order valence-electron chi connectivity index (χ1n) is 9.73. The van der Waals surface area contributed by atoms with Crippen LogP contribution < -0.4 is 10.6 Å². The molecule has 0 radical (unpaired) electrons. The van der Waals surface area contributed by atoms with Gasteiger partial charge in [-0.3, -0.25) is 4.79 Å². The second kappa shape index (κ2) is 10.1. The molecule has 1 saturated heterocycles. The molecular weight excluding hydrogens is 405 g/mol. The minimum absolute atomic E-state index is 0. The predicted molar refractivity (Wildman–Crippen MR) is 120 cm³/mol. The number of carbonyl (C=O) groups is 1. The van der Waals surface area contributed by atoms with Gasteiger partial charge in [0.1, 0.15) is 0 Å². The highest BCUT2D eigenvalue weighted by molar-refractivity contribution is 6.30. The van der Waals surface area contributed by atoms with Crippen LogP contribution in [0.1, 0.15) is 42.9 Å². The maximum atomic E-state index is 12.9. The fourth-order valence-corrected chi connectivity index (χ4v) is 3.88. The Morgan fingerprint density at radius 1 is 1.28 bits per heavy atom. The van der Waals surface area contributed by atoms with Crippen LogP contribution in [0, 0.1) is 16.7 Å². The number of hydrogen-bond donors (Lipinski definition) is 2. The highest BCUT2D eigenvalue weighted by atomic mass is 35.5. The first-order chi connectivity index (χ1) is 13.5. The van der Waals surface area contributed by atoms with Crippen LogP contribution in [-0.2, 0) is 11.2 Å². The molecule has 0 saturated carbocycles. The van der Waals surface area contributed by atoms with Crippen molar-refractivity contribution in [2.24, 2.45) is 5.41 Å². The SMILES string of the molecule is CCC1(C(=O)NC(C)C(Cc2ccc(Cl)cc2)c2cccc(C#N)c2)CNC1.Cl. The van der Waals surface area contributed by atoms with Crippen molar-refractivity contribution in [2.45, 2.75) is 38.6 Å². The van der Waals surface area contributed by atoms with Gasteiger partial charge >= 0.3 is 0 Å². The Labute approximate surface area is 184 Å². The molecule has 0 bridgehead atoms. The first-order valence-corrected chi connectivity index (χ1v) is 10.1. The molecule has 2 aromatic rings. The molecule has 1 amide bonds. The van der Waals surface area contributed by atoms with Gasteiger partial charge in [0.25, 0.3) is 0 Å². The van der Waals surface area contributed by atoms with E-state index in [1.54, 1.807) is 6.07 Å². The van der Waals surface area contributed by atoms with Crippen molar-refractivity contribution >= 4 is 29.9 Å². The summed E-state index contributed by atoms with van der Waals surface area (Å²) in [6, 6.07) is 17.6. The summed E-state index contributed by atoms with van der Waals surface area (Å²) in [7, 11) is 0. The van der Waals surface area contributed by atoms with Crippen LogP contribution in [0.5, 0.6) is 0 Å². The number of nitrogens with one attached hydrogen (secondary N) is 2. The van der Waals surface area contributed by atoms with E-state index in [9.17, 15) is 10.1 Å². The van der Waals surface area contributed by atoms with Crippen LogP contribution in [0.15, 0.2) is 48.5 Å². The summed E-state index contributed by atoms with van der Waals surface area (Å²) in [5.41, 5.74) is 2.53. The van der Waals surface area contributed by atoms with Gasteiger partial charge in [0.2, 0.25) is 5.91 Å². The number of halogens is 2. The van der Waals surface area contributed by atoms with Crippen LogP contribution in [-0.4, -0.2) is 25.0 Å². The summed E-state index contributed by atoms with van der Waals surface area (Å²) in [5.74, 6) is 0.166. The van der Waals surface area contributed by atoms with Gasteiger partial charge in [-0.05, 0) is 55.2 Å². The van der Waals surface area contributed by atoms with Crippen molar-refractivity contribution in [1.82, 2.24) is 10.6 Å². The minimum Gasteiger partial charge on any atom is -0.352 e. The van der Waals surface area contributed by atoms with Crippen molar-refractivity contribution in [3.63, 3.8) is 0 Å². The van der Waals surface area contributed by atoms with E-state index in [0.29, 0.717) is 10.6 Å². The van der Waals surface area contributed by atoms with Gasteiger partial charge in [-0.1, -0.05) is 42.8 Å². The molecule has 0 spiro atoms. The first kappa shape index (κ1) is 23.2. The lowest BCUT2D eigenvalue weighted by atomic mass is 9.77. The van der Waals surface area contributed by atoms with Crippen molar-refractivity contribution in [1.29, 1.82) is 5.26 Å². The number of carbonyl (C=O) groups excluding carboxylic acids is 1. The standard InChI is InChI=1S/C23H26ClN3O.ClH/c1-3-23(14-26-15-23)22(28)27-16(2)21(12-17-7-9-20(24)10-8-17)19-6-4-5-18(11-19)13-25;/h4-11,16,21,26H,3,12,14-15H2,1-2H3,(H,27,28);1H. The smallest absolute Gasteiger partial charge is 0.229 e. The molecule has 2 atom stereocenters. The Morgan fingerprint density at radius 3 is 2.52 bits per heavy atom. The van der Waals surface area contributed by atoms with Gasteiger partial charge in [0.05, 0.1) is 17.0 Å². The quantitative estimate of drug-likeness (QED) is 0.679. The van der Waals surface area contributed by atoms with Crippen molar-refractivity contribution in [2.75, 3.05) is 13.1 Å². The third-order valence-corrected chi connectivity index (χ3v) is 6.11. The third-order valence-electron chi connectivity index (χ3n) is 5.86. The Balaban J connectivity index is 0.00000300. The average molecular weight is 432 g/mol. The average Bonchev–Trinajstić information content (AvgIpc) is 2.67. The lowest BCUT2D eigenvalue weighted by Crippen LogP contribution is -2.62. The maximum absolute atomic E-state index is 12.9. The highest BCUT2D eigenvalue weighted by Gasteiger charge is 2.43. The molecule has 0 aromatic heterocycles. The Hall–Kier alpha value is -2.06. The molecule has 29 heavy (non-hydrogen) atoms. The van der Waals surface area contributed by atoms with Gasteiger partial charge in [-0.25, -0.2) is 0 Å². The zero-order chi connectivity index (χ0) is 20.1. The predicted octanol–water partition coefficient (Wildman–Crippen LogP) is 4.46. The molecule has 6 heteroatoms. The van der Waals surface area contributed by atoms with Gasteiger partial charge in [0.15, 0.2) is 0 Å². The van der Waals surface area contributed by atoms with Gasteiger partial charge in [-0.15, -0.1) is 12.4 Å². The molecule has 1 aliphatic heterocycles. The zero-order valence-electron chi connectivity index (χ0n) is 16.7. The fraction of sp³-hybridized carbons (Fsp3) is 0.391. The molecule has 1 heterocycles. The van der Waals surface area contributed by atoms with Gasteiger partial charge in [-0.2, -0.15) is 5.26 Å². The lowest BCUT2D eigenvalue weighted by molar-refractivity contribution is -0.135. The molecule has 0 aliphatic carbocycles. The van der Waals surface area contributed by atoms with E-state index >= 15 is 0 Å². The van der Waals surface area contributed by atoms with E-state index < -0.39 is 0 Å². The molecule has 4 nitrogen and oxygen atoms in total. The summed E-state index contributed by atoms with van der Waals surface area (Å²) in [6.45, 7) is 5.57. The summed E-state index contributed by atoms with van der Waals surface area (Å²) in [5, 5.41) is 16.5. The second-order valence-electron chi connectivity index (χ2n) is 7.67. The van der Waals surface area contributed by atoms with Crippen LogP contribution >= 0.6 is 24.0 Å². The fourth-order valence-electron chi connectivity index (χ4n) is 3.75. The molecule has 1 aliphatic rings. The Morgan fingerprint density at radius 2 is 1.97 bits per heavy atom. The summed E-state index contributed by atoms with van der Waals surface area (Å²) in [6.07, 6.45) is 1.58. The molecule has 2 aromatic carbocycles. The molecular formula is C23H27Cl2N3O. The normalized spacial score (nSPS) is 16.5. The van der Waals surface area contributed by atoms with E-state index in [1.807, 2.05) is 49.4 Å². The molecule has 2 N–H and O–H groups in total. The van der Waals surface area contributed by atoms with E-state index in [2.05, 4.69) is 23.6 Å². The summed E-state index contributed by atoms with van der Waals surface area (Å²) >= 11 is 6.03. The van der Waals surface area contributed by atoms with E-state index in [-0.39, 0.29) is 35.7 Å². The Kier molecular flexibility index (Phi) is 8.10. The monoisotopic (exact) mass is 431 g/mol. The number of rotatable bonds is 7. The van der Waals surface area contributed by atoms with Crippen LogP contribution in [0.25, 0.3) is 0 Å². The van der Waals surface area contributed by atoms with Crippen molar-refractivity contribution in [3.05, 3.63) is 70.2 Å². The lowest BCUT2D eigenvalue weighted by Gasteiger charge is -2.41. The minimum atomic E-state index is -0.298. The molecule has 2 unspecified atom stereocenters. The number of benzene rings is 2.